The summed E-state index contributed by atoms with van der Waals surface area (Å²) in [5.41, 5.74) is 1.81. The molecule has 3 nitrogen and oxygen atoms in total. The SMILES string of the molecule is COc1ccc(C(c2ccc(OC)cc2)C(Cl)(Cl)Cl)cc1.C[C]=O. The van der Waals surface area contributed by atoms with E-state index in [1.807, 2.05) is 48.5 Å². The van der Waals surface area contributed by atoms with Crippen LogP contribution in [0.15, 0.2) is 48.5 Å². The van der Waals surface area contributed by atoms with Gasteiger partial charge < -0.3 is 9.47 Å². The number of alkyl halides is 3. The summed E-state index contributed by atoms with van der Waals surface area (Å²) in [5.74, 6) is 1.15. The van der Waals surface area contributed by atoms with Crippen molar-refractivity contribution in [1.29, 1.82) is 0 Å². The van der Waals surface area contributed by atoms with E-state index in [1.165, 1.54) is 13.2 Å². The molecule has 0 amide bonds. The van der Waals surface area contributed by atoms with Crippen molar-refractivity contribution in [3.8, 4) is 11.5 Å². The lowest BCUT2D eigenvalue weighted by molar-refractivity contribution is 0.414. The van der Waals surface area contributed by atoms with Gasteiger partial charge in [-0.25, -0.2) is 0 Å². The van der Waals surface area contributed by atoms with E-state index < -0.39 is 3.79 Å². The highest BCUT2D eigenvalue weighted by Gasteiger charge is 2.35. The minimum atomic E-state index is -1.46. The van der Waals surface area contributed by atoms with Crippen molar-refractivity contribution in [2.24, 2.45) is 0 Å². The van der Waals surface area contributed by atoms with Gasteiger partial charge in [-0.15, -0.1) is 0 Å². The van der Waals surface area contributed by atoms with Crippen LogP contribution in [0.2, 0.25) is 0 Å². The first-order chi connectivity index (χ1) is 11.4. The molecule has 0 aliphatic rings. The Balaban J connectivity index is 0.000000891. The molecule has 0 saturated carbocycles. The fourth-order valence-electron chi connectivity index (χ4n) is 2.16. The maximum atomic E-state index is 8.68. The molecule has 0 aliphatic heterocycles. The van der Waals surface area contributed by atoms with Crippen molar-refractivity contribution in [3.63, 3.8) is 0 Å². The van der Waals surface area contributed by atoms with Gasteiger partial charge in [-0.3, -0.25) is 4.79 Å². The second kappa shape index (κ2) is 9.77. The van der Waals surface area contributed by atoms with E-state index in [1.54, 1.807) is 14.2 Å². The van der Waals surface area contributed by atoms with Crippen LogP contribution in [0.4, 0.5) is 0 Å². The zero-order chi connectivity index (χ0) is 18.2. The molecule has 0 aliphatic carbocycles. The number of halogens is 3. The van der Waals surface area contributed by atoms with E-state index in [0.717, 1.165) is 22.6 Å². The van der Waals surface area contributed by atoms with E-state index in [4.69, 9.17) is 49.1 Å². The maximum Gasteiger partial charge on any atom is 0.201 e. The van der Waals surface area contributed by atoms with Crippen molar-refractivity contribution in [2.45, 2.75) is 16.6 Å². The van der Waals surface area contributed by atoms with Crippen LogP contribution in [0.25, 0.3) is 0 Å². The van der Waals surface area contributed by atoms with Gasteiger partial charge >= 0.3 is 0 Å². The van der Waals surface area contributed by atoms with E-state index in [2.05, 4.69) is 0 Å². The number of methoxy groups -OCH3 is 2. The van der Waals surface area contributed by atoms with Gasteiger partial charge in [0.25, 0.3) is 0 Å². The zero-order valence-corrected chi connectivity index (χ0v) is 15.8. The number of hydrogen-bond donors (Lipinski definition) is 0. The molecule has 0 fully saturated rings. The molecule has 2 aromatic carbocycles. The molecule has 6 heteroatoms. The normalized spacial score (nSPS) is 10.6. The van der Waals surface area contributed by atoms with E-state index in [9.17, 15) is 0 Å². The lowest BCUT2D eigenvalue weighted by Gasteiger charge is -2.25. The smallest absolute Gasteiger partial charge is 0.201 e. The third-order valence-corrected chi connectivity index (χ3v) is 3.88. The van der Waals surface area contributed by atoms with Crippen LogP contribution >= 0.6 is 34.8 Å². The van der Waals surface area contributed by atoms with Gasteiger partial charge in [0, 0.05) is 6.92 Å². The molecule has 0 unspecified atom stereocenters. The molecule has 129 valence electrons. The highest BCUT2D eigenvalue weighted by molar-refractivity contribution is 6.68. The molecule has 2 rings (SSSR count). The largest absolute Gasteiger partial charge is 0.497 e. The highest BCUT2D eigenvalue weighted by Crippen LogP contribution is 2.46. The second-order valence-electron chi connectivity index (χ2n) is 4.73. The first-order valence-corrected chi connectivity index (χ1v) is 8.14. The minimum absolute atomic E-state index is 0.376. The molecule has 0 saturated heterocycles. The fraction of sp³-hybridized carbons (Fsp3) is 0.278. The lowest BCUT2D eigenvalue weighted by atomic mass is 9.92. The van der Waals surface area contributed by atoms with E-state index >= 15 is 0 Å². The summed E-state index contributed by atoms with van der Waals surface area (Å²) in [6, 6.07) is 15.0. The fourth-order valence-corrected chi connectivity index (χ4v) is 2.92. The Morgan fingerprint density at radius 1 is 0.833 bits per heavy atom. The van der Waals surface area contributed by atoms with Crippen LogP contribution < -0.4 is 9.47 Å². The average Bonchev–Trinajstić information content (AvgIpc) is 2.56. The number of rotatable bonds is 4. The van der Waals surface area contributed by atoms with Gasteiger partial charge in [0.2, 0.25) is 3.79 Å². The summed E-state index contributed by atoms with van der Waals surface area (Å²) in [7, 11) is 3.23. The Morgan fingerprint density at radius 3 is 1.33 bits per heavy atom. The highest BCUT2D eigenvalue weighted by atomic mass is 35.6. The van der Waals surface area contributed by atoms with E-state index in [0.29, 0.717) is 0 Å². The van der Waals surface area contributed by atoms with Gasteiger partial charge in [-0.1, -0.05) is 59.1 Å². The molecule has 0 heterocycles. The Kier molecular flexibility index (Phi) is 8.40. The number of hydrogen-bond acceptors (Lipinski definition) is 3. The van der Waals surface area contributed by atoms with Crippen molar-refractivity contribution < 1.29 is 14.3 Å². The van der Waals surface area contributed by atoms with Gasteiger partial charge in [-0.2, -0.15) is 0 Å². The standard InChI is InChI=1S/C16H15Cl3O2.C2H3O/c1-20-13-7-3-11(4-8-13)15(16(17,18)19)12-5-9-14(21-2)10-6-12;1-2-3/h3-10,15H,1-2H3;1H3. The summed E-state index contributed by atoms with van der Waals surface area (Å²) in [5, 5.41) is 0. The average molecular weight is 389 g/mol. The predicted octanol–water partition coefficient (Wildman–Crippen LogP) is 5.32. The van der Waals surface area contributed by atoms with E-state index in [-0.39, 0.29) is 5.92 Å². The lowest BCUT2D eigenvalue weighted by Crippen LogP contribution is -2.18. The third-order valence-electron chi connectivity index (χ3n) is 3.23. The van der Waals surface area contributed by atoms with Gasteiger partial charge in [0.05, 0.1) is 20.1 Å². The van der Waals surface area contributed by atoms with Crippen molar-refractivity contribution in [2.75, 3.05) is 14.2 Å². The molecule has 24 heavy (non-hydrogen) atoms. The van der Waals surface area contributed by atoms with Crippen molar-refractivity contribution in [3.05, 3.63) is 59.7 Å². The topological polar surface area (TPSA) is 35.5 Å². The number of ether oxygens (including phenoxy) is 2. The second-order valence-corrected chi connectivity index (χ2v) is 7.09. The number of benzene rings is 2. The van der Waals surface area contributed by atoms with Crippen molar-refractivity contribution >= 4 is 41.1 Å². The molecule has 1 radical (unpaired) electrons. The molecular formula is C18H18Cl3O3. The first kappa shape index (κ1) is 20.6. The molecule has 0 spiro atoms. The van der Waals surface area contributed by atoms with Gasteiger partial charge in [0.1, 0.15) is 11.5 Å². The Morgan fingerprint density at radius 2 is 1.12 bits per heavy atom. The molecule has 0 N–H and O–H groups in total. The zero-order valence-electron chi connectivity index (χ0n) is 13.6. The van der Waals surface area contributed by atoms with Crippen LogP contribution in [-0.2, 0) is 4.79 Å². The van der Waals surface area contributed by atoms with Crippen LogP contribution in [0.5, 0.6) is 11.5 Å². The Hall–Kier alpha value is -1.42. The van der Waals surface area contributed by atoms with Crippen LogP contribution in [0.1, 0.15) is 24.0 Å². The first-order valence-electron chi connectivity index (χ1n) is 7.00. The number of carbonyl (C=O) groups excluding carboxylic acids is 1. The van der Waals surface area contributed by atoms with Crippen LogP contribution in [-0.4, -0.2) is 24.3 Å². The van der Waals surface area contributed by atoms with Crippen molar-refractivity contribution in [1.82, 2.24) is 0 Å². The maximum absolute atomic E-state index is 8.68. The minimum Gasteiger partial charge on any atom is -0.497 e. The molecule has 0 bridgehead atoms. The van der Waals surface area contributed by atoms with Gasteiger partial charge in [0.15, 0.2) is 6.29 Å². The Labute approximate surface area is 157 Å². The summed E-state index contributed by atoms with van der Waals surface area (Å²) in [4.78, 5) is 8.68. The summed E-state index contributed by atoms with van der Waals surface area (Å²) in [6.45, 7) is 1.32. The molecule has 2 aromatic rings. The summed E-state index contributed by atoms with van der Waals surface area (Å²) < 4.78 is 8.85. The summed E-state index contributed by atoms with van der Waals surface area (Å²) in [6.07, 6.45) is 1.50. The molecule has 0 atom stereocenters. The van der Waals surface area contributed by atoms with Gasteiger partial charge in [-0.05, 0) is 35.4 Å². The van der Waals surface area contributed by atoms with Crippen LogP contribution in [0.3, 0.4) is 0 Å². The summed E-state index contributed by atoms with van der Waals surface area (Å²) >= 11 is 18.6. The molecular weight excluding hydrogens is 371 g/mol. The predicted molar refractivity (Wildman–Crippen MR) is 99.5 cm³/mol. The monoisotopic (exact) mass is 387 g/mol. The quantitative estimate of drug-likeness (QED) is 0.665. The Bertz CT molecular complexity index is 572. The third kappa shape index (κ3) is 5.90. The van der Waals surface area contributed by atoms with Crippen LogP contribution in [0, 0.1) is 0 Å². The molecule has 0 aromatic heterocycles.